The zero-order valence-electron chi connectivity index (χ0n) is 17.2. The minimum absolute atomic E-state index is 0.336. The van der Waals surface area contributed by atoms with Gasteiger partial charge in [-0.25, -0.2) is 4.98 Å². The van der Waals surface area contributed by atoms with Gasteiger partial charge < -0.3 is 15.4 Å². The van der Waals surface area contributed by atoms with Crippen LogP contribution in [-0.4, -0.2) is 16.8 Å². The maximum absolute atomic E-state index is 12.9. The number of para-hydroxylation sites is 1. The topological polar surface area (TPSA) is 80.3 Å². The highest BCUT2D eigenvalue weighted by Gasteiger charge is 2.15. The summed E-state index contributed by atoms with van der Waals surface area (Å²) in [5.74, 6) is 0.317. The summed E-state index contributed by atoms with van der Waals surface area (Å²) in [4.78, 5) is 29.7. The summed E-state index contributed by atoms with van der Waals surface area (Å²) in [6.45, 7) is 0.405. The quantitative estimate of drug-likeness (QED) is 0.430. The van der Waals surface area contributed by atoms with Gasteiger partial charge in [0, 0.05) is 11.8 Å². The van der Waals surface area contributed by atoms with Crippen LogP contribution in [0.15, 0.2) is 103 Å². The fraction of sp³-hybridized carbons (Fsp3) is 0.0385. The van der Waals surface area contributed by atoms with Crippen molar-refractivity contribution in [1.82, 2.24) is 4.98 Å². The van der Waals surface area contributed by atoms with Gasteiger partial charge in [-0.3, -0.25) is 9.59 Å². The van der Waals surface area contributed by atoms with E-state index in [2.05, 4.69) is 15.6 Å². The molecule has 0 aliphatic heterocycles. The molecule has 1 heterocycles. The first-order valence-electron chi connectivity index (χ1n) is 10.1. The lowest BCUT2D eigenvalue weighted by Gasteiger charge is -2.12. The van der Waals surface area contributed by atoms with Gasteiger partial charge in [0.1, 0.15) is 18.2 Å². The zero-order valence-corrected chi connectivity index (χ0v) is 17.2. The summed E-state index contributed by atoms with van der Waals surface area (Å²) in [6.07, 6.45) is 1.59. The highest BCUT2D eigenvalue weighted by Crippen LogP contribution is 2.20. The predicted octanol–water partition coefficient (Wildman–Crippen LogP) is 5.17. The number of pyridine rings is 1. The van der Waals surface area contributed by atoms with E-state index >= 15 is 0 Å². The minimum atomic E-state index is -0.362. The maximum atomic E-state index is 12.9. The SMILES string of the molecule is O=C(Nc1ccccc1C(=O)Nc1ccccn1)c1cccc(OCc2ccccc2)c1. The Kier molecular flexibility index (Phi) is 6.53. The molecular weight excluding hydrogens is 402 g/mol. The zero-order chi connectivity index (χ0) is 22.2. The van der Waals surface area contributed by atoms with Crippen molar-refractivity contribution in [2.24, 2.45) is 0 Å². The van der Waals surface area contributed by atoms with Gasteiger partial charge in [0.2, 0.25) is 0 Å². The number of carbonyl (C=O) groups is 2. The molecule has 0 unspecified atom stereocenters. The van der Waals surface area contributed by atoms with Crippen molar-refractivity contribution in [2.75, 3.05) is 10.6 Å². The molecule has 4 rings (SSSR count). The largest absolute Gasteiger partial charge is 0.489 e. The molecule has 158 valence electrons. The van der Waals surface area contributed by atoms with Crippen LogP contribution in [0.4, 0.5) is 11.5 Å². The van der Waals surface area contributed by atoms with Gasteiger partial charge in [0.05, 0.1) is 11.3 Å². The average molecular weight is 423 g/mol. The van der Waals surface area contributed by atoms with Crippen molar-refractivity contribution < 1.29 is 14.3 Å². The maximum Gasteiger partial charge on any atom is 0.258 e. The van der Waals surface area contributed by atoms with Gasteiger partial charge in [0.25, 0.3) is 11.8 Å². The van der Waals surface area contributed by atoms with Crippen LogP contribution in [0.25, 0.3) is 0 Å². The molecule has 1 aromatic heterocycles. The molecule has 6 heteroatoms. The summed E-state index contributed by atoms with van der Waals surface area (Å²) < 4.78 is 5.81. The number of nitrogens with zero attached hydrogens (tertiary/aromatic N) is 1. The van der Waals surface area contributed by atoms with Gasteiger partial charge in [0.15, 0.2) is 0 Å². The lowest BCUT2D eigenvalue weighted by Crippen LogP contribution is -2.18. The molecule has 3 aromatic carbocycles. The fourth-order valence-electron chi connectivity index (χ4n) is 3.07. The van der Waals surface area contributed by atoms with E-state index in [9.17, 15) is 9.59 Å². The smallest absolute Gasteiger partial charge is 0.258 e. The Labute approximate surface area is 185 Å². The molecule has 0 aliphatic rings. The molecule has 0 atom stereocenters. The van der Waals surface area contributed by atoms with Crippen molar-refractivity contribution in [1.29, 1.82) is 0 Å². The third-order valence-corrected chi connectivity index (χ3v) is 4.67. The van der Waals surface area contributed by atoms with Crippen molar-refractivity contribution in [3.05, 3.63) is 120 Å². The van der Waals surface area contributed by atoms with E-state index in [1.165, 1.54) is 0 Å². The fourth-order valence-corrected chi connectivity index (χ4v) is 3.07. The highest BCUT2D eigenvalue weighted by molar-refractivity contribution is 6.12. The number of nitrogens with one attached hydrogen (secondary N) is 2. The van der Waals surface area contributed by atoms with Crippen molar-refractivity contribution in [3.8, 4) is 5.75 Å². The second-order valence-electron chi connectivity index (χ2n) is 6.97. The number of aromatic nitrogens is 1. The van der Waals surface area contributed by atoms with Crippen molar-refractivity contribution >= 4 is 23.3 Å². The number of benzene rings is 3. The predicted molar refractivity (Wildman–Crippen MR) is 124 cm³/mol. The number of hydrogen-bond donors (Lipinski definition) is 2. The molecule has 0 saturated carbocycles. The third kappa shape index (κ3) is 5.37. The lowest BCUT2D eigenvalue weighted by atomic mass is 10.1. The Balaban J connectivity index is 1.45. The molecule has 2 N–H and O–H groups in total. The van der Waals surface area contributed by atoms with E-state index in [1.807, 2.05) is 30.3 Å². The van der Waals surface area contributed by atoms with Gasteiger partial charge in [-0.05, 0) is 48.0 Å². The van der Waals surface area contributed by atoms with E-state index in [-0.39, 0.29) is 11.8 Å². The second kappa shape index (κ2) is 10.0. The Morgan fingerprint density at radius 1 is 0.750 bits per heavy atom. The Hall–Kier alpha value is -4.45. The van der Waals surface area contributed by atoms with Crippen LogP contribution in [-0.2, 0) is 6.61 Å². The first kappa shape index (κ1) is 20.8. The highest BCUT2D eigenvalue weighted by atomic mass is 16.5. The molecule has 0 aliphatic carbocycles. The second-order valence-corrected chi connectivity index (χ2v) is 6.97. The standard InChI is InChI=1S/C26H21N3O3/c30-25(20-11-8-12-21(17-20)32-18-19-9-2-1-3-10-19)28-23-14-5-4-13-22(23)26(31)29-24-15-6-7-16-27-24/h1-17H,18H2,(H,28,30)(H,27,29,31). The molecule has 0 radical (unpaired) electrons. The summed E-state index contributed by atoms with van der Waals surface area (Å²) in [5, 5.41) is 5.55. The molecule has 0 saturated heterocycles. The van der Waals surface area contributed by atoms with Crippen molar-refractivity contribution in [3.63, 3.8) is 0 Å². The van der Waals surface area contributed by atoms with E-state index < -0.39 is 0 Å². The number of ether oxygens (including phenoxy) is 1. The summed E-state index contributed by atoms with van der Waals surface area (Å²) in [7, 11) is 0. The average Bonchev–Trinajstić information content (AvgIpc) is 2.84. The van der Waals surface area contributed by atoms with E-state index in [0.717, 1.165) is 5.56 Å². The number of amides is 2. The van der Waals surface area contributed by atoms with Crippen LogP contribution >= 0.6 is 0 Å². The summed E-state index contributed by atoms with van der Waals surface area (Å²) >= 11 is 0. The molecule has 2 amide bonds. The van der Waals surface area contributed by atoms with E-state index in [0.29, 0.717) is 35.0 Å². The minimum Gasteiger partial charge on any atom is -0.489 e. The van der Waals surface area contributed by atoms with Crippen LogP contribution in [0.1, 0.15) is 26.3 Å². The van der Waals surface area contributed by atoms with Gasteiger partial charge in [-0.2, -0.15) is 0 Å². The molecule has 4 aromatic rings. The van der Waals surface area contributed by atoms with Crippen LogP contribution in [0.5, 0.6) is 5.75 Å². The summed E-state index contributed by atoms with van der Waals surface area (Å²) in [5.41, 5.74) is 2.20. The number of hydrogen-bond acceptors (Lipinski definition) is 4. The Morgan fingerprint density at radius 3 is 2.34 bits per heavy atom. The molecule has 32 heavy (non-hydrogen) atoms. The molecule has 0 spiro atoms. The number of anilines is 2. The lowest BCUT2D eigenvalue weighted by molar-refractivity contribution is 0.102. The Morgan fingerprint density at radius 2 is 1.53 bits per heavy atom. The normalized spacial score (nSPS) is 10.2. The first-order chi connectivity index (χ1) is 15.7. The van der Waals surface area contributed by atoms with E-state index in [1.54, 1.807) is 72.9 Å². The first-order valence-corrected chi connectivity index (χ1v) is 10.1. The molecular formula is C26H21N3O3. The van der Waals surface area contributed by atoms with E-state index in [4.69, 9.17) is 4.74 Å². The van der Waals surface area contributed by atoms with Crippen LogP contribution in [0.2, 0.25) is 0 Å². The molecule has 0 bridgehead atoms. The van der Waals surface area contributed by atoms with Gasteiger partial charge in [-0.1, -0.05) is 54.6 Å². The van der Waals surface area contributed by atoms with Crippen molar-refractivity contribution in [2.45, 2.75) is 6.61 Å². The molecule has 6 nitrogen and oxygen atoms in total. The molecule has 0 fully saturated rings. The van der Waals surface area contributed by atoms with Crippen LogP contribution in [0.3, 0.4) is 0 Å². The number of carbonyl (C=O) groups excluding carboxylic acids is 2. The monoisotopic (exact) mass is 423 g/mol. The Bertz CT molecular complexity index is 1210. The van der Waals surface area contributed by atoms with Crippen LogP contribution < -0.4 is 15.4 Å². The summed E-state index contributed by atoms with van der Waals surface area (Å²) in [6, 6.07) is 28.8. The van der Waals surface area contributed by atoms with Crippen LogP contribution in [0, 0.1) is 0 Å². The van der Waals surface area contributed by atoms with Gasteiger partial charge in [-0.15, -0.1) is 0 Å². The number of rotatable bonds is 7. The third-order valence-electron chi connectivity index (χ3n) is 4.67. The van der Waals surface area contributed by atoms with Gasteiger partial charge >= 0.3 is 0 Å².